The molecule has 0 heterocycles. The lowest BCUT2D eigenvalue weighted by molar-refractivity contribution is -0.137. The molecule has 1 aromatic rings. The Kier molecular flexibility index (Phi) is 5.18. The minimum Gasteiger partial charge on any atom is -0.481 e. The van der Waals surface area contributed by atoms with Gasteiger partial charge < -0.3 is 5.11 Å². The monoisotopic (exact) mass is 289 g/mol. The van der Waals surface area contributed by atoms with Crippen molar-refractivity contribution in [2.24, 2.45) is 0 Å². The summed E-state index contributed by atoms with van der Waals surface area (Å²) in [6.45, 7) is -0.0413. The largest absolute Gasteiger partial charge is 0.481 e. The van der Waals surface area contributed by atoms with Gasteiger partial charge in [-0.05, 0) is 18.4 Å². The second-order valence-corrected chi connectivity index (χ2v) is 6.48. The molecule has 0 fully saturated rings. The number of rotatable bonds is 6. The molecular weight excluding hydrogens is 274 g/mol. The van der Waals surface area contributed by atoms with Crippen molar-refractivity contribution >= 4 is 27.8 Å². The Bertz CT molecular complexity index is 528. The van der Waals surface area contributed by atoms with E-state index in [1.807, 2.05) is 0 Å². The highest BCUT2D eigenvalue weighted by molar-refractivity contribution is 7.99. The van der Waals surface area contributed by atoms with E-state index in [1.165, 1.54) is 24.9 Å². The highest BCUT2D eigenvalue weighted by atomic mass is 32.2. The van der Waals surface area contributed by atoms with Gasteiger partial charge in [0, 0.05) is 18.5 Å². The van der Waals surface area contributed by atoms with E-state index in [-0.39, 0.29) is 17.9 Å². The first kappa shape index (κ1) is 15.0. The summed E-state index contributed by atoms with van der Waals surface area (Å²) in [7, 11) is -2.24. The van der Waals surface area contributed by atoms with Crippen molar-refractivity contribution in [3.05, 3.63) is 24.3 Å². The molecule has 0 amide bonds. The first-order chi connectivity index (χ1) is 8.39. The van der Waals surface area contributed by atoms with Gasteiger partial charge in [-0.1, -0.05) is 12.1 Å². The van der Waals surface area contributed by atoms with Crippen LogP contribution in [0, 0.1) is 0 Å². The Balaban J connectivity index is 3.02. The summed E-state index contributed by atoms with van der Waals surface area (Å²) >= 11 is 1.34. The molecule has 100 valence electrons. The maximum atomic E-state index is 12.2. The molecule has 7 heteroatoms. The van der Waals surface area contributed by atoms with Gasteiger partial charge in [0.2, 0.25) is 10.0 Å². The van der Waals surface area contributed by atoms with Gasteiger partial charge >= 0.3 is 5.97 Å². The fourth-order valence-corrected chi connectivity index (χ4v) is 3.66. The topological polar surface area (TPSA) is 74.7 Å². The molecule has 1 aromatic carbocycles. The van der Waals surface area contributed by atoms with Crippen molar-refractivity contribution in [3.63, 3.8) is 0 Å². The molecule has 0 atom stereocenters. The van der Waals surface area contributed by atoms with Crippen molar-refractivity contribution in [2.45, 2.75) is 16.2 Å². The van der Waals surface area contributed by atoms with Gasteiger partial charge in [-0.2, -0.15) is 0 Å². The zero-order valence-corrected chi connectivity index (χ0v) is 11.8. The van der Waals surface area contributed by atoms with E-state index >= 15 is 0 Å². The number of thioether (sulfide) groups is 1. The number of benzene rings is 1. The highest BCUT2D eigenvalue weighted by Gasteiger charge is 2.23. The number of sulfonamides is 1. The van der Waals surface area contributed by atoms with Crippen LogP contribution in [0.15, 0.2) is 34.1 Å². The average Bonchev–Trinajstić information content (AvgIpc) is 2.35. The lowest BCUT2D eigenvalue weighted by Crippen LogP contribution is -2.29. The smallest absolute Gasteiger partial charge is 0.304 e. The van der Waals surface area contributed by atoms with E-state index in [0.29, 0.717) is 4.90 Å². The number of aliphatic carboxylic acids is 1. The van der Waals surface area contributed by atoms with Crippen LogP contribution in [-0.4, -0.2) is 43.6 Å². The number of nitrogens with zero attached hydrogens (tertiary/aromatic N) is 1. The number of hydrogen-bond acceptors (Lipinski definition) is 4. The SMILES string of the molecule is CSc1ccccc1S(=O)(=O)N(C)CCC(=O)O. The Morgan fingerprint density at radius 1 is 1.39 bits per heavy atom. The summed E-state index contributed by atoms with van der Waals surface area (Å²) in [5.74, 6) is -1.02. The molecular formula is C11H15NO4S2. The van der Waals surface area contributed by atoms with Crippen molar-refractivity contribution in [1.29, 1.82) is 0 Å². The first-order valence-electron chi connectivity index (χ1n) is 5.20. The van der Waals surface area contributed by atoms with Gasteiger partial charge in [0.25, 0.3) is 0 Å². The van der Waals surface area contributed by atoms with Gasteiger partial charge in [0.05, 0.1) is 11.3 Å². The van der Waals surface area contributed by atoms with Crippen LogP contribution in [0.4, 0.5) is 0 Å². The predicted molar refractivity (Wildman–Crippen MR) is 70.3 cm³/mol. The van der Waals surface area contributed by atoms with E-state index in [2.05, 4.69) is 0 Å². The van der Waals surface area contributed by atoms with Crippen LogP contribution in [0.2, 0.25) is 0 Å². The third kappa shape index (κ3) is 3.47. The standard InChI is InChI=1S/C11H15NO4S2/c1-12(8-7-11(13)14)18(15,16)10-6-4-3-5-9(10)17-2/h3-6H,7-8H2,1-2H3,(H,13,14). The number of hydrogen-bond donors (Lipinski definition) is 1. The van der Waals surface area contributed by atoms with E-state index in [0.717, 1.165) is 4.31 Å². The number of carboxylic acid groups (broad SMARTS) is 1. The first-order valence-corrected chi connectivity index (χ1v) is 7.87. The third-order valence-corrected chi connectivity index (χ3v) is 5.24. The Morgan fingerprint density at radius 2 is 2.00 bits per heavy atom. The molecule has 0 aliphatic carbocycles. The van der Waals surface area contributed by atoms with Gasteiger partial charge in [0.15, 0.2) is 0 Å². The summed E-state index contributed by atoms with van der Waals surface area (Å²) < 4.78 is 25.6. The molecule has 0 spiro atoms. The summed E-state index contributed by atoms with van der Waals surface area (Å²) in [4.78, 5) is 11.3. The molecule has 1 N–H and O–H groups in total. The van der Waals surface area contributed by atoms with Crippen LogP contribution in [0.25, 0.3) is 0 Å². The average molecular weight is 289 g/mol. The molecule has 0 aliphatic heterocycles. The summed E-state index contributed by atoms with van der Waals surface area (Å²) in [5, 5.41) is 8.57. The quantitative estimate of drug-likeness (QED) is 0.803. The van der Waals surface area contributed by atoms with Gasteiger partial charge in [-0.25, -0.2) is 12.7 Å². The summed E-state index contributed by atoms with van der Waals surface area (Å²) in [6.07, 6.45) is 1.59. The van der Waals surface area contributed by atoms with Crippen LogP contribution in [-0.2, 0) is 14.8 Å². The fraction of sp³-hybridized carbons (Fsp3) is 0.364. The maximum Gasteiger partial charge on any atom is 0.304 e. The lowest BCUT2D eigenvalue weighted by atomic mass is 10.4. The molecule has 1 rings (SSSR count). The van der Waals surface area contributed by atoms with Crippen molar-refractivity contribution in [3.8, 4) is 0 Å². The molecule has 0 aliphatic rings. The molecule has 0 unspecified atom stereocenters. The second-order valence-electron chi connectivity index (χ2n) is 3.62. The molecule has 0 radical (unpaired) electrons. The number of carbonyl (C=O) groups is 1. The maximum absolute atomic E-state index is 12.2. The molecule has 0 bridgehead atoms. The van der Waals surface area contributed by atoms with E-state index in [4.69, 9.17) is 5.11 Å². The van der Waals surface area contributed by atoms with Crippen LogP contribution in [0.1, 0.15) is 6.42 Å². The van der Waals surface area contributed by atoms with Crippen LogP contribution in [0.5, 0.6) is 0 Å². The van der Waals surface area contributed by atoms with E-state index < -0.39 is 16.0 Å². The van der Waals surface area contributed by atoms with Gasteiger partial charge in [-0.15, -0.1) is 11.8 Å². The normalized spacial score (nSPS) is 11.7. The molecule has 5 nitrogen and oxygen atoms in total. The summed E-state index contributed by atoms with van der Waals surface area (Å²) in [5.41, 5.74) is 0. The minimum atomic E-state index is -3.63. The van der Waals surface area contributed by atoms with E-state index in [9.17, 15) is 13.2 Å². The highest BCUT2D eigenvalue weighted by Crippen LogP contribution is 2.26. The van der Waals surface area contributed by atoms with Crippen LogP contribution < -0.4 is 0 Å². The van der Waals surface area contributed by atoms with Gasteiger partial charge in [0.1, 0.15) is 0 Å². The Morgan fingerprint density at radius 3 is 2.56 bits per heavy atom. The zero-order valence-electron chi connectivity index (χ0n) is 10.2. The van der Waals surface area contributed by atoms with Crippen molar-refractivity contribution in [1.82, 2.24) is 4.31 Å². The third-order valence-electron chi connectivity index (χ3n) is 2.40. The summed E-state index contributed by atoms with van der Waals surface area (Å²) in [6, 6.07) is 6.67. The lowest BCUT2D eigenvalue weighted by Gasteiger charge is -2.17. The number of carboxylic acids is 1. The molecule has 0 saturated carbocycles. The van der Waals surface area contributed by atoms with Crippen molar-refractivity contribution < 1.29 is 18.3 Å². The minimum absolute atomic E-state index is 0.0413. The Labute approximate surface area is 111 Å². The predicted octanol–water partition coefficient (Wildman–Crippen LogP) is 1.50. The van der Waals surface area contributed by atoms with Gasteiger partial charge in [-0.3, -0.25) is 4.79 Å². The van der Waals surface area contributed by atoms with Crippen LogP contribution >= 0.6 is 11.8 Å². The zero-order chi connectivity index (χ0) is 13.8. The fourth-order valence-electron chi connectivity index (χ4n) is 1.37. The second kappa shape index (κ2) is 6.21. The molecule has 0 saturated heterocycles. The molecule has 18 heavy (non-hydrogen) atoms. The van der Waals surface area contributed by atoms with Crippen LogP contribution in [0.3, 0.4) is 0 Å². The Hall–Kier alpha value is -1.05. The van der Waals surface area contributed by atoms with Crippen molar-refractivity contribution in [2.75, 3.05) is 19.8 Å². The molecule has 0 aromatic heterocycles. The van der Waals surface area contributed by atoms with E-state index in [1.54, 1.807) is 24.5 Å².